The van der Waals surface area contributed by atoms with Crippen molar-refractivity contribution in [1.29, 1.82) is 0 Å². The van der Waals surface area contributed by atoms with E-state index in [2.05, 4.69) is 0 Å². The molecule has 0 atom stereocenters. The lowest BCUT2D eigenvalue weighted by molar-refractivity contribution is 0.0660. The second-order valence-electron chi connectivity index (χ2n) is 4.49. The first kappa shape index (κ1) is 14.6. The predicted octanol–water partition coefficient (Wildman–Crippen LogP) is 2.66. The van der Waals surface area contributed by atoms with E-state index in [1.54, 1.807) is 13.0 Å². The number of anilines is 1. The highest BCUT2D eigenvalue weighted by Crippen LogP contribution is 2.26. The summed E-state index contributed by atoms with van der Waals surface area (Å²) in [7, 11) is 0. The molecule has 1 heterocycles. The molecule has 2 rings (SSSR count). The van der Waals surface area contributed by atoms with Gasteiger partial charge in [-0.1, -0.05) is 6.07 Å². The fourth-order valence-electron chi connectivity index (χ4n) is 2.01. The average Bonchev–Trinajstić information content (AvgIpc) is 2.93. The Morgan fingerprint density at radius 2 is 1.86 bits per heavy atom. The fraction of sp³-hybridized carbons (Fsp3) is 0.200. The zero-order valence-electron chi connectivity index (χ0n) is 11.7. The van der Waals surface area contributed by atoms with Gasteiger partial charge in [0.15, 0.2) is 5.76 Å². The molecule has 21 heavy (non-hydrogen) atoms. The maximum Gasteiger partial charge on any atom is 0.371 e. The molecule has 6 nitrogen and oxygen atoms in total. The Kier molecular flexibility index (Phi) is 3.98. The normalized spacial score (nSPS) is 10.4. The Bertz CT molecular complexity index is 689. The third kappa shape index (κ3) is 2.89. The number of phenolic OH excluding ortho intramolecular Hbond substituents is 1. The van der Waals surface area contributed by atoms with Crippen molar-refractivity contribution >= 4 is 17.6 Å². The Morgan fingerprint density at radius 1 is 1.19 bits per heavy atom. The number of nitrogens with zero attached hydrogens (tertiary/aromatic N) is 1. The van der Waals surface area contributed by atoms with Gasteiger partial charge < -0.3 is 19.5 Å². The molecule has 0 spiro atoms. The number of carbonyl (C=O) groups is 2. The van der Waals surface area contributed by atoms with Gasteiger partial charge in [-0.15, -0.1) is 0 Å². The first-order valence-corrected chi connectivity index (χ1v) is 6.38. The zero-order valence-corrected chi connectivity index (χ0v) is 11.7. The van der Waals surface area contributed by atoms with E-state index in [0.29, 0.717) is 12.2 Å². The van der Waals surface area contributed by atoms with Gasteiger partial charge in [0.25, 0.3) is 5.91 Å². The Balaban J connectivity index is 2.38. The molecule has 0 bridgehead atoms. The summed E-state index contributed by atoms with van der Waals surface area (Å²) in [5.74, 6) is -1.99. The van der Waals surface area contributed by atoms with Crippen LogP contribution in [0.4, 0.5) is 5.69 Å². The number of aryl methyl sites for hydroxylation is 1. The number of amides is 1. The first-order chi connectivity index (χ1) is 9.93. The highest BCUT2D eigenvalue weighted by molar-refractivity contribution is 6.05. The van der Waals surface area contributed by atoms with Gasteiger partial charge >= 0.3 is 5.97 Å². The van der Waals surface area contributed by atoms with Crippen molar-refractivity contribution < 1.29 is 24.2 Å². The lowest BCUT2D eigenvalue weighted by Gasteiger charge is -2.22. The molecule has 0 radical (unpaired) electrons. The quantitative estimate of drug-likeness (QED) is 0.903. The standard InChI is InChI=1S/C15H15NO5/c1-3-16(11-8-10(17)5-4-9(11)2)14(18)12-6-7-13(21-12)15(19)20/h4-8,17H,3H2,1-2H3,(H,19,20). The van der Waals surface area contributed by atoms with E-state index in [1.807, 2.05) is 6.92 Å². The molecule has 6 heteroatoms. The van der Waals surface area contributed by atoms with Crippen LogP contribution in [0.5, 0.6) is 5.75 Å². The van der Waals surface area contributed by atoms with Crippen LogP contribution in [-0.2, 0) is 0 Å². The summed E-state index contributed by atoms with van der Waals surface area (Å²) >= 11 is 0. The van der Waals surface area contributed by atoms with Crippen molar-refractivity contribution in [2.24, 2.45) is 0 Å². The molecule has 0 saturated carbocycles. The van der Waals surface area contributed by atoms with Crippen LogP contribution in [0.15, 0.2) is 34.7 Å². The van der Waals surface area contributed by atoms with Crippen molar-refractivity contribution in [1.82, 2.24) is 0 Å². The van der Waals surface area contributed by atoms with Crippen LogP contribution >= 0.6 is 0 Å². The lowest BCUT2D eigenvalue weighted by atomic mass is 10.1. The monoisotopic (exact) mass is 289 g/mol. The minimum absolute atomic E-state index is 0.0486. The molecule has 0 saturated heterocycles. The second-order valence-corrected chi connectivity index (χ2v) is 4.49. The van der Waals surface area contributed by atoms with Crippen LogP contribution < -0.4 is 4.90 Å². The maximum atomic E-state index is 12.4. The number of carboxylic acid groups (broad SMARTS) is 1. The van der Waals surface area contributed by atoms with Crippen LogP contribution in [0.1, 0.15) is 33.6 Å². The number of hydrogen-bond acceptors (Lipinski definition) is 4. The number of carboxylic acids is 1. The summed E-state index contributed by atoms with van der Waals surface area (Å²) in [6.45, 7) is 3.95. The molecule has 1 aromatic carbocycles. The smallest absolute Gasteiger partial charge is 0.371 e. The molecule has 1 amide bonds. The predicted molar refractivity (Wildman–Crippen MR) is 75.9 cm³/mol. The van der Waals surface area contributed by atoms with Gasteiger partial charge in [-0.25, -0.2) is 4.79 Å². The van der Waals surface area contributed by atoms with Crippen molar-refractivity contribution in [2.75, 3.05) is 11.4 Å². The first-order valence-electron chi connectivity index (χ1n) is 6.38. The van der Waals surface area contributed by atoms with E-state index in [1.165, 1.54) is 29.2 Å². The summed E-state index contributed by atoms with van der Waals surface area (Å²) in [4.78, 5) is 24.6. The van der Waals surface area contributed by atoms with Crippen molar-refractivity contribution in [3.8, 4) is 5.75 Å². The molecule has 0 aliphatic heterocycles. The molecular formula is C15H15NO5. The molecule has 2 aromatic rings. The van der Waals surface area contributed by atoms with Gasteiger partial charge in [0.05, 0.1) is 5.69 Å². The molecule has 0 aliphatic rings. The van der Waals surface area contributed by atoms with E-state index in [-0.39, 0.29) is 17.3 Å². The molecule has 2 N–H and O–H groups in total. The summed E-state index contributed by atoms with van der Waals surface area (Å²) in [5.41, 5.74) is 1.36. The zero-order chi connectivity index (χ0) is 15.6. The number of phenols is 1. The molecule has 1 aromatic heterocycles. The van der Waals surface area contributed by atoms with Crippen LogP contribution in [0.25, 0.3) is 0 Å². The van der Waals surface area contributed by atoms with E-state index < -0.39 is 11.9 Å². The number of hydrogen-bond donors (Lipinski definition) is 2. The summed E-state index contributed by atoms with van der Waals surface area (Å²) in [6.07, 6.45) is 0. The van der Waals surface area contributed by atoms with Gasteiger partial charge in [0.2, 0.25) is 5.76 Å². The Morgan fingerprint density at radius 3 is 2.43 bits per heavy atom. The van der Waals surface area contributed by atoms with Crippen LogP contribution in [-0.4, -0.2) is 28.6 Å². The van der Waals surface area contributed by atoms with Gasteiger partial charge in [0.1, 0.15) is 5.75 Å². The van der Waals surface area contributed by atoms with Crippen LogP contribution in [0.2, 0.25) is 0 Å². The molecule has 0 unspecified atom stereocenters. The SMILES string of the molecule is CCN(C(=O)c1ccc(C(=O)O)o1)c1cc(O)ccc1C. The number of aromatic hydroxyl groups is 1. The topological polar surface area (TPSA) is 91.0 Å². The van der Waals surface area contributed by atoms with Crippen molar-refractivity contribution in [2.45, 2.75) is 13.8 Å². The fourth-order valence-corrected chi connectivity index (χ4v) is 2.01. The molecular weight excluding hydrogens is 274 g/mol. The molecule has 110 valence electrons. The summed E-state index contributed by atoms with van der Waals surface area (Å²) in [5, 5.41) is 18.4. The maximum absolute atomic E-state index is 12.4. The van der Waals surface area contributed by atoms with E-state index in [9.17, 15) is 14.7 Å². The second kappa shape index (κ2) is 5.70. The molecule has 0 fully saturated rings. The van der Waals surface area contributed by atoms with Crippen LogP contribution in [0, 0.1) is 6.92 Å². The van der Waals surface area contributed by atoms with Gasteiger partial charge in [-0.2, -0.15) is 0 Å². The van der Waals surface area contributed by atoms with Gasteiger partial charge in [-0.3, -0.25) is 4.79 Å². The van der Waals surface area contributed by atoms with Crippen molar-refractivity contribution in [3.63, 3.8) is 0 Å². The van der Waals surface area contributed by atoms with Gasteiger partial charge in [-0.05, 0) is 37.6 Å². The lowest BCUT2D eigenvalue weighted by Crippen LogP contribution is -2.30. The van der Waals surface area contributed by atoms with Crippen molar-refractivity contribution in [3.05, 3.63) is 47.4 Å². The Labute approximate surface area is 121 Å². The number of furan rings is 1. The number of carbonyl (C=O) groups excluding carboxylic acids is 1. The third-order valence-corrected chi connectivity index (χ3v) is 3.07. The number of aromatic carboxylic acids is 1. The van der Waals surface area contributed by atoms with Crippen LogP contribution in [0.3, 0.4) is 0 Å². The highest BCUT2D eigenvalue weighted by atomic mass is 16.4. The average molecular weight is 289 g/mol. The summed E-state index contributed by atoms with van der Waals surface area (Å²) in [6, 6.07) is 7.28. The third-order valence-electron chi connectivity index (χ3n) is 3.07. The summed E-state index contributed by atoms with van der Waals surface area (Å²) < 4.78 is 5.03. The highest BCUT2D eigenvalue weighted by Gasteiger charge is 2.22. The van der Waals surface area contributed by atoms with E-state index >= 15 is 0 Å². The molecule has 0 aliphatic carbocycles. The van der Waals surface area contributed by atoms with Gasteiger partial charge in [0, 0.05) is 12.6 Å². The minimum Gasteiger partial charge on any atom is -0.508 e. The van der Waals surface area contributed by atoms with E-state index in [0.717, 1.165) is 5.56 Å². The number of rotatable bonds is 4. The largest absolute Gasteiger partial charge is 0.508 e. The Hall–Kier alpha value is -2.76. The minimum atomic E-state index is -1.23. The number of benzene rings is 1. The van der Waals surface area contributed by atoms with E-state index in [4.69, 9.17) is 9.52 Å².